The van der Waals surface area contributed by atoms with Gasteiger partial charge in [-0.1, -0.05) is 5.16 Å². The van der Waals surface area contributed by atoms with E-state index in [-0.39, 0.29) is 0 Å². The van der Waals surface area contributed by atoms with E-state index < -0.39 is 0 Å². The maximum absolute atomic E-state index is 6.39. The molecule has 2 bridgehead atoms. The first-order valence-electron chi connectivity index (χ1n) is 9.80. The lowest BCUT2D eigenvalue weighted by molar-refractivity contribution is 0.00787. The van der Waals surface area contributed by atoms with Gasteiger partial charge in [0.2, 0.25) is 0 Å². The molecule has 0 amide bonds. The lowest BCUT2D eigenvalue weighted by Gasteiger charge is -2.29. The van der Waals surface area contributed by atoms with E-state index >= 15 is 0 Å². The molecule has 1 saturated carbocycles. The molecule has 0 aromatic carbocycles. The minimum atomic E-state index is 0.397. The van der Waals surface area contributed by atoms with Gasteiger partial charge in [0.15, 0.2) is 0 Å². The molecule has 4 fully saturated rings. The third-order valence-corrected chi connectivity index (χ3v) is 6.30. The van der Waals surface area contributed by atoms with Crippen molar-refractivity contribution in [2.45, 2.75) is 88.0 Å². The zero-order valence-electron chi connectivity index (χ0n) is 14.3. The molecule has 0 radical (unpaired) electrons. The van der Waals surface area contributed by atoms with Crippen molar-refractivity contribution in [1.29, 1.82) is 0 Å². The molecule has 3 atom stereocenters. The van der Waals surface area contributed by atoms with Crippen LogP contribution in [0.25, 0.3) is 0 Å². The molecule has 4 heterocycles. The topological polar surface area (TPSA) is 56.5 Å². The largest absolute Gasteiger partial charge is 0.381 e. The summed E-state index contributed by atoms with van der Waals surface area (Å²) >= 11 is 0. The number of nitrogens with one attached hydrogen (secondary N) is 1. The number of rotatable bonds is 5. The number of hydrogen-bond donors (Lipinski definition) is 1. The van der Waals surface area contributed by atoms with Crippen molar-refractivity contribution in [3.8, 4) is 0 Å². The fourth-order valence-electron chi connectivity index (χ4n) is 4.78. The molecule has 3 saturated heterocycles. The molecule has 1 aromatic heterocycles. The van der Waals surface area contributed by atoms with Crippen LogP contribution in [0.5, 0.6) is 0 Å². The third-order valence-electron chi connectivity index (χ3n) is 6.30. The molecule has 1 aliphatic carbocycles. The number of aromatic nitrogens is 1. The predicted molar refractivity (Wildman–Crippen MR) is 89.0 cm³/mol. The summed E-state index contributed by atoms with van der Waals surface area (Å²) in [6, 6.07) is 1.35. The van der Waals surface area contributed by atoms with E-state index in [1.165, 1.54) is 31.2 Å². The molecule has 24 heavy (non-hydrogen) atoms. The van der Waals surface area contributed by atoms with Crippen LogP contribution in [0.2, 0.25) is 0 Å². The summed E-state index contributed by atoms with van der Waals surface area (Å²) in [6.45, 7) is 2.37. The second kappa shape index (κ2) is 6.43. The summed E-state index contributed by atoms with van der Waals surface area (Å²) in [5, 5.41) is 8.18. The Bertz CT molecular complexity index is 565. The van der Waals surface area contributed by atoms with E-state index in [0.29, 0.717) is 36.6 Å². The number of piperidine rings is 1. The van der Waals surface area contributed by atoms with Gasteiger partial charge in [-0.15, -0.1) is 0 Å². The molecule has 3 aliphatic heterocycles. The van der Waals surface area contributed by atoms with E-state index in [1.807, 2.05) is 0 Å². The predicted octanol–water partition coefficient (Wildman–Crippen LogP) is 3.25. The van der Waals surface area contributed by atoms with Gasteiger partial charge in [0.05, 0.1) is 18.4 Å². The van der Waals surface area contributed by atoms with Gasteiger partial charge in [-0.05, 0) is 51.4 Å². The Labute approximate surface area is 143 Å². The number of ether oxygens (including phenoxy) is 2. The van der Waals surface area contributed by atoms with E-state index in [2.05, 4.69) is 10.5 Å². The van der Waals surface area contributed by atoms with E-state index in [1.54, 1.807) is 0 Å². The molecule has 1 N–H and O–H groups in total. The molecule has 5 rings (SSSR count). The molecule has 1 aromatic rings. The van der Waals surface area contributed by atoms with Gasteiger partial charge >= 0.3 is 0 Å². The van der Waals surface area contributed by atoms with Crippen LogP contribution in [0.4, 0.5) is 0 Å². The van der Waals surface area contributed by atoms with Crippen molar-refractivity contribution in [2.24, 2.45) is 0 Å². The number of fused-ring (bicyclic) bond motifs is 2. The second-order valence-corrected chi connectivity index (χ2v) is 8.11. The summed E-state index contributed by atoms with van der Waals surface area (Å²) < 4.78 is 17.7. The fourth-order valence-corrected chi connectivity index (χ4v) is 4.78. The van der Waals surface area contributed by atoms with E-state index in [4.69, 9.17) is 14.0 Å². The highest BCUT2D eigenvalue weighted by Crippen LogP contribution is 2.44. The van der Waals surface area contributed by atoms with Crippen LogP contribution in [0.1, 0.15) is 80.2 Å². The highest BCUT2D eigenvalue weighted by Gasteiger charge is 2.37. The van der Waals surface area contributed by atoms with Gasteiger partial charge in [-0.3, -0.25) is 0 Å². The maximum atomic E-state index is 6.39. The van der Waals surface area contributed by atoms with Gasteiger partial charge in [0, 0.05) is 42.7 Å². The van der Waals surface area contributed by atoms with Crippen molar-refractivity contribution in [3.63, 3.8) is 0 Å². The van der Waals surface area contributed by atoms with Gasteiger partial charge in [-0.25, -0.2) is 0 Å². The summed E-state index contributed by atoms with van der Waals surface area (Å²) in [7, 11) is 0. The van der Waals surface area contributed by atoms with Gasteiger partial charge in [0.1, 0.15) is 5.76 Å². The standard InChI is InChI=1S/C19H28N2O3/c1-2-13(1)19-17(18(21-24-19)12-5-7-22-8-6-12)11-23-16-9-14-3-4-15(10-16)20-14/h12-16,20H,1-11H2/t14-,15+,16?. The molecule has 1 unspecified atom stereocenters. The minimum absolute atomic E-state index is 0.397. The highest BCUT2D eigenvalue weighted by molar-refractivity contribution is 5.30. The van der Waals surface area contributed by atoms with Crippen molar-refractivity contribution in [1.82, 2.24) is 10.5 Å². The third kappa shape index (κ3) is 3.02. The summed E-state index contributed by atoms with van der Waals surface area (Å²) in [6.07, 6.45) is 9.95. The van der Waals surface area contributed by atoms with Crippen LogP contribution >= 0.6 is 0 Å². The highest BCUT2D eigenvalue weighted by atomic mass is 16.5. The Balaban J connectivity index is 1.31. The quantitative estimate of drug-likeness (QED) is 0.897. The number of hydrogen-bond acceptors (Lipinski definition) is 5. The van der Waals surface area contributed by atoms with Crippen LogP contribution < -0.4 is 5.32 Å². The first-order valence-corrected chi connectivity index (χ1v) is 9.80. The fraction of sp³-hybridized carbons (Fsp3) is 0.842. The zero-order valence-corrected chi connectivity index (χ0v) is 14.3. The van der Waals surface area contributed by atoms with Crippen LogP contribution in [0, 0.1) is 0 Å². The van der Waals surface area contributed by atoms with Crippen LogP contribution in [-0.4, -0.2) is 36.6 Å². The van der Waals surface area contributed by atoms with E-state index in [0.717, 1.165) is 50.4 Å². The molecule has 0 spiro atoms. The average Bonchev–Trinajstić information content (AvgIpc) is 3.29. The normalized spacial score (nSPS) is 33.9. The monoisotopic (exact) mass is 332 g/mol. The second-order valence-electron chi connectivity index (χ2n) is 8.11. The van der Waals surface area contributed by atoms with Gasteiger partial charge < -0.3 is 19.3 Å². The van der Waals surface area contributed by atoms with Crippen LogP contribution in [0.3, 0.4) is 0 Å². The average molecular weight is 332 g/mol. The molecular weight excluding hydrogens is 304 g/mol. The smallest absolute Gasteiger partial charge is 0.145 e. The summed E-state index contributed by atoms with van der Waals surface area (Å²) in [5.74, 6) is 2.19. The molecule has 132 valence electrons. The minimum Gasteiger partial charge on any atom is -0.381 e. The Kier molecular flexibility index (Phi) is 4.11. The van der Waals surface area contributed by atoms with E-state index in [9.17, 15) is 0 Å². The molecule has 5 nitrogen and oxygen atoms in total. The zero-order chi connectivity index (χ0) is 15.9. The lowest BCUT2D eigenvalue weighted by atomic mass is 9.92. The lowest BCUT2D eigenvalue weighted by Crippen LogP contribution is -2.41. The van der Waals surface area contributed by atoms with Crippen LogP contribution in [-0.2, 0) is 16.1 Å². The van der Waals surface area contributed by atoms with Crippen molar-refractivity contribution in [2.75, 3.05) is 13.2 Å². The molecule has 4 aliphatic rings. The SMILES string of the molecule is C1CC(c2noc(C3CC3)c2COC2C[C@H]3CC[C@@H](C2)N3)CCO1. The molecule has 5 heteroatoms. The van der Waals surface area contributed by atoms with Crippen molar-refractivity contribution in [3.05, 3.63) is 17.0 Å². The van der Waals surface area contributed by atoms with Gasteiger partial charge in [-0.2, -0.15) is 0 Å². The number of nitrogens with zero attached hydrogens (tertiary/aromatic N) is 1. The Hall–Kier alpha value is -0.910. The first-order chi connectivity index (χ1) is 11.9. The Morgan fingerprint density at radius 2 is 1.71 bits per heavy atom. The Morgan fingerprint density at radius 1 is 0.958 bits per heavy atom. The van der Waals surface area contributed by atoms with Crippen molar-refractivity contribution >= 4 is 0 Å². The Morgan fingerprint density at radius 3 is 2.42 bits per heavy atom. The van der Waals surface area contributed by atoms with Gasteiger partial charge in [0.25, 0.3) is 0 Å². The first kappa shape index (κ1) is 15.4. The van der Waals surface area contributed by atoms with Crippen LogP contribution in [0.15, 0.2) is 4.52 Å². The van der Waals surface area contributed by atoms with Crippen molar-refractivity contribution < 1.29 is 14.0 Å². The maximum Gasteiger partial charge on any atom is 0.145 e. The molecular formula is C19H28N2O3. The summed E-state index contributed by atoms with van der Waals surface area (Å²) in [5.41, 5.74) is 2.44. The summed E-state index contributed by atoms with van der Waals surface area (Å²) in [4.78, 5) is 0.